The van der Waals surface area contributed by atoms with Crippen LogP contribution in [0.2, 0.25) is 0 Å². The number of amides is 2. The number of carbonyl (C=O) groups excluding carboxylic acids is 2. The van der Waals surface area contributed by atoms with Crippen LogP contribution in [0.25, 0.3) is 0 Å². The molecule has 1 N–H and O–H groups in total. The van der Waals surface area contributed by atoms with E-state index in [0.717, 1.165) is 9.20 Å². The van der Waals surface area contributed by atoms with Gasteiger partial charge in [0.2, 0.25) is 11.8 Å². The molecule has 0 aliphatic rings. The SMILES string of the molecule is CCNC(=O)[C@@H](C)N(Cc1ccccc1F)C(=O)CN(c1ccccc1OCC)S(=O)(=O)c1ccc(SC)cc1. The van der Waals surface area contributed by atoms with Crippen molar-refractivity contribution in [1.29, 1.82) is 0 Å². The van der Waals surface area contributed by atoms with Crippen LogP contribution in [-0.4, -0.2) is 57.1 Å². The van der Waals surface area contributed by atoms with Gasteiger partial charge in [-0.15, -0.1) is 11.8 Å². The summed E-state index contributed by atoms with van der Waals surface area (Å²) >= 11 is 1.47. The van der Waals surface area contributed by atoms with Crippen LogP contribution in [0.15, 0.2) is 82.6 Å². The number of carbonyl (C=O) groups is 2. The predicted octanol–water partition coefficient (Wildman–Crippen LogP) is 4.70. The molecule has 214 valence electrons. The normalized spacial score (nSPS) is 11.9. The average Bonchev–Trinajstić information content (AvgIpc) is 2.95. The Balaban J connectivity index is 2.09. The minimum absolute atomic E-state index is 0.0122. The summed E-state index contributed by atoms with van der Waals surface area (Å²) in [5, 5.41) is 2.68. The van der Waals surface area contributed by atoms with Crippen molar-refractivity contribution in [1.82, 2.24) is 10.2 Å². The number of benzene rings is 3. The van der Waals surface area contributed by atoms with Crippen LogP contribution in [-0.2, 0) is 26.2 Å². The minimum Gasteiger partial charge on any atom is -0.492 e. The predicted molar refractivity (Wildman–Crippen MR) is 155 cm³/mol. The highest BCUT2D eigenvalue weighted by atomic mass is 32.2. The van der Waals surface area contributed by atoms with E-state index in [2.05, 4.69) is 5.32 Å². The zero-order valence-electron chi connectivity index (χ0n) is 23.0. The van der Waals surface area contributed by atoms with E-state index >= 15 is 0 Å². The van der Waals surface area contributed by atoms with Crippen LogP contribution in [0.3, 0.4) is 0 Å². The maximum atomic E-state index is 14.6. The number of halogens is 1. The molecule has 0 aliphatic heterocycles. The third kappa shape index (κ3) is 7.33. The molecular weight excluding hydrogens is 553 g/mol. The Kier molecular flexibility index (Phi) is 11.0. The first-order valence-corrected chi connectivity index (χ1v) is 15.5. The fourth-order valence-corrected chi connectivity index (χ4v) is 5.88. The second kappa shape index (κ2) is 14.2. The zero-order chi connectivity index (χ0) is 29.3. The lowest BCUT2D eigenvalue weighted by Gasteiger charge is -2.32. The second-order valence-corrected chi connectivity index (χ2v) is 11.5. The van der Waals surface area contributed by atoms with Crippen LogP contribution >= 0.6 is 11.8 Å². The van der Waals surface area contributed by atoms with Crippen LogP contribution in [0.5, 0.6) is 5.75 Å². The Morgan fingerprint density at radius 2 is 1.65 bits per heavy atom. The summed E-state index contributed by atoms with van der Waals surface area (Å²) in [7, 11) is -4.26. The molecule has 2 amide bonds. The van der Waals surface area contributed by atoms with Crippen molar-refractivity contribution in [3.63, 3.8) is 0 Å². The molecule has 3 aromatic carbocycles. The van der Waals surface area contributed by atoms with E-state index in [-0.39, 0.29) is 35.0 Å². The van der Waals surface area contributed by atoms with E-state index in [0.29, 0.717) is 6.54 Å². The molecule has 3 rings (SSSR count). The summed E-state index contributed by atoms with van der Waals surface area (Å²) in [6.45, 7) is 4.77. The number of hydrogen-bond donors (Lipinski definition) is 1. The molecule has 0 saturated heterocycles. The standard InChI is InChI=1S/C29H34FN3O5S2/c1-5-31-29(35)21(3)32(19-22-11-7-8-12-25(22)30)28(34)20-33(26-13-9-10-14-27(26)38-6-2)40(36,37)24-17-15-23(39-4)16-18-24/h7-18,21H,5-6,19-20H2,1-4H3,(H,31,35)/t21-/m1/s1. The molecule has 8 nitrogen and oxygen atoms in total. The van der Waals surface area contributed by atoms with E-state index in [1.807, 2.05) is 6.26 Å². The smallest absolute Gasteiger partial charge is 0.264 e. The quantitative estimate of drug-likeness (QED) is 0.292. The Labute approximate surface area is 239 Å². The lowest BCUT2D eigenvalue weighted by molar-refractivity contribution is -0.139. The van der Waals surface area contributed by atoms with Gasteiger partial charge in [-0.1, -0.05) is 30.3 Å². The van der Waals surface area contributed by atoms with Gasteiger partial charge in [0.15, 0.2) is 0 Å². The molecule has 1 atom stereocenters. The van der Waals surface area contributed by atoms with Crippen LogP contribution in [0.4, 0.5) is 10.1 Å². The Morgan fingerprint density at radius 1 is 1.00 bits per heavy atom. The van der Waals surface area contributed by atoms with Gasteiger partial charge in [0.25, 0.3) is 10.0 Å². The Bertz CT molecular complexity index is 1420. The van der Waals surface area contributed by atoms with Crippen molar-refractivity contribution in [3.8, 4) is 5.75 Å². The van der Waals surface area contributed by atoms with E-state index in [1.165, 1.54) is 53.9 Å². The van der Waals surface area contributed by atoms with Gasteiger partial charge < -0.3 is 15.0 Å². The van der Waals surface area contributed by atoms with Crippen molar-refractivity contribution in [3.05, 3.63) is 84.2 Å². The summed E-state index contributed by atoms with van der Waals surface area (Å²) in [5.74, 6) is -1.38. The first kappa shape index (κ1) is 31.0. The minimum atomic E-state index is -4.26. The molecule has 0 fully saturated rings. The van der Waals surface area contributed by atoms with Gasteiger partial charge in [-0.3, -0.25) is 13.9 Å². The Hall–Kier alpha value is -3.57. The Morgan fingerprint density at radius 3 is 2.27 bits per heavy atom. The molecule has 0 heterocycles. The van der Waals surface area contributed by atoms with Crippen molar-refractivity contribution in [2.24, 2.45) is 0 Å². The van der Waals surface area contributed by atoms with Gasteiger partial charge in [0.05, 0.1) is 17.2 Å². The number of anilines is 1. The first-order chi connectivity index (χ1) is 19.1. The number of thioether (sulfide) groups is 1. The van der Waals surface area contributed by atoms with Gasteiger partial charge in [0, 0.05) is 23.5 Å². The number of hydrogen-bond acceptors (Lipinski definition) is 6. The zero-order valence-corrected chi connectivity index (χ0v) is 24.6. The molecule has 40 heavy (non-hydrogen) atoms. The van der Waals surface area contributed by atoms with Crippen LogP contribution in [0, 0.1) is 5.82 Å². The van der Waals surface area contributed by atoms with Crippen LogP contribution < -0.4 is 14.4 Å². The summed E-state index contributed by atoms with van der Waals surface area (Å²) in [4.78, 5) is 28.8. The van der Waals surface area contributed by atoms with E-state index in [4.69, 9.17) is 4.74 Å². The van der Waals surface area contributed by atoms with Crippen molar-refractivity contribution >= 4 is 39.3 Å². The number of likely N-dealkylation sites (N-methyl/N-ethyl adjacent to an activating group) is 1. The van der Waals surface area contributed by atoms with Gasteiger partial charge >= 0.3 is 0 Å². The van der Waals surface area contributed by atoms with Gasteiger partial charge in [0.1, 0.15) is 24.2 Å². The van der Waals surface area contributed by atoms with Gasteiger partial charge in [-0.25, -0.2) is 12.8 Å². The third-order valence-corrected chi connectivity index (χ3v) is 8.69. The number of nitrogens with one attached hydrogen (secondary N) is 1. The van der Waals surface area contributed by atoms with Crippen LogP contribution in [0.1, 0.15) is 26.3 Å². The summed E-state index contributed by atoms with van der Waals surface area (Å²) < 4.78 is 49.3. The molecule has 0 radical (unpaired) electrons. The molecule has 0 bridgehead atoms. The molecule has 0 aliphatic carbocycles. The molecule has 0 aromatic heterocycles. The lowest BCUT2D eigenvalue weighted by atomic mass is 10.1. The van der Waals surface area contributed by atoms with Crippen molar-refractivity contribution < 1.29 is 27.1 Å². The fourth-order valence-electron chi connectivity index (χ4n) is 4.04. The summed E-state index contributed by atoms with van der Waals surface area (Å²) in [6.07, 6.45) is 1.88. The molecule has 0 saturated carbocycles. The first-order valence-electron chi connectivity index (χ1n) is 12.8. The van der Waals surface area contributed by atoms with E-state index < -0.39 is 40.2 Å². The number of sulfonamides is 1. The lowest BCUT2D eigenvalue weighted by Crippen LogP contribution is -2.51. The second-order valence-electron chi connectivity index (χ2n) is 8.77. The van der Waals surface area contributed by atoms with Gasteiger partial charge in [-0.2, -0.15) is 0 Å². The van der Waals surface area contributed by atoms with Crippen molar-refractivity contribution in [2.75, 3.05) is 30.3 Å². The van der Waals surface area contributed by atoms with Crippen molar-refractivity contribution in [2.45, 2.75) is 43.1 Å². The average molecular weight is 588 g/mol. The number of rotatable bonds is 13. The summed E-state index contributed by atoms with van der Waals surface area (Å²) in [6, 6.07) is 17.8. The molecule has 0 unspecified atom stereocenters. The third-order valence-electron chi connectivity index (χ3n) is 6.18. The highest BCUT2D eigenvalue weighted by molar-refractivity contribution is 7.98. The largest absolute Gasteiger partial charge is 0.492 e. The number of para-hydroxylation sites is 2. The molecular formula is C29H34FN3O5S2. The van der Waals surface area contributed by atoms with Gasteiger partial charge in [-0.05, 0) is 69.5 Å². The fraction of sp³-hybridized carbons (Fsp3) is 0.310. The number of nitrogens with zero attached hydrogens (tertiary/aromatic N) is 2. The monoisotopic (exact) mass is 587 g/mol. The topological polar surface area (TPSA) is 96.0 Å². The van der Waals surface area contributed by atoms with E-state index in [1.54, 1.807) is 56.3 Å². The highest BCUT2D eigenvalue weighted by Crippen LogP contribution is 2.33. The highest BCUT2D eigenvalue weighted by Gasteiger charge is 2.34. The summed E-state index contributed by atoms with van der Waals surface area (Å²) in [5.41, 5.74) is 0.368. The molecule has 0 spiro atoms. The molecule has 11 heteroatoms. The maximum absolute atomic E-state index is 14.6. The maximum Gasteiger partial charge on any atom is 0.264 e. The number of ether oxygens (including phenoxy) is 1. The van der Waals surface area contributed by atoms with E-state index in [9.17, 15) is 22.4 Å². The molecule has 3 aromatic rings.